The van der Waals surface area contributed by atoms with E-state index in [2.05, 4.69) is 20.3 Å². The summed E-state index contributed by atoms with van der Waals surface area (Å²) in [6.45, 7) is -1.59. The van der Waals surface area contributed by atoms with E-state index in [1.54, 1.807) is 16.7 Å². The Labute approximate surface area is 186 Å². The summed E-state index contributed by atoms with van der Waals surface area (Å²) in [5.41, 5.74) is 0.615. The molecule has 1 unspecified atom stereocenters. The van der Waals surface area contributed by atoms with Crippen molar-refractivity contribution in [2.45, 2.75) is 44.3 Å². The van der Waals surface area contributed by atoms with Gasteiger partial charge in [0, 0.05) is 6.42 Å². The molecule has 0 aliphatic carbocycles. The molecule has 12 nitrogen and oxygen atoms in total. The summed E-state index contributed by atoms with van der Waals surface area (Å²) in [4.78, 5) is 35.3. The number of furan rings is 1. The minimum Gasteiger partial charge on any atom is -0.461 e. The summed E-state index contributed by atoms with van der Waals surface area (Å²) in [6, 6.07) is 3.39. The highest BCUT2D eigenvalue weighted by Crippen LogP contribution is 2.53. The molecule has 0 radical (unpaired) electrons. The molecule has 0 aromatic carbocycles. The zero-order valence-corrected chi connectivity index (χ0v) is 18.5. The average Bonchev–Trinajstić information content (AvgIpc) is 3.46. The first kappa shape index (κ1) is 21.6. The van der Waals surface area contributed by atoms with E-state index in [9.17, 15) is 14.8 Å². The third kappa shape index (κ3) is 3.75. The summed E-state index contributed by atoms with van der Waals surface area (Å²) in [5.74, 6) is 0.729. The Balaban J connectivity index is 1.61. The number of hydrogen-bond donors (Lipinski definition) is 3. The van der Waals surface area contributed by atoms with Gasteiger partial charge in [0.2, 0.25) is 5.91 Å². The number of ether oxygens (including phenoxy) is 1. The van der Waals surface area contributed by atoms with Crippen molar-refractivity contribution in [3.63, 3.8) is 0 Å². The molecule has 1 amide bonds. The number of nitrogens with zero attached hydrogens (tertiary/aromatic N) is 4. The molecule has 2 fully saturated rings. The zero-order chi connectivity index (χ0) is 22.5. The van der Waals surface area contributed by atoms with Crippen LogP contribution in [0.3, 0.4) is 0 Å². The summed E-state index contributed by atoms with van der Waals surface area (Å²) >= 11 is 4.92. The largest absolute Gasteiger partial charge is 0.461 e. The minimum absolute atomic E-state index is 0.0258. The normalized spacial score (nSPS) is 29.8. The molecule has 5 atom stereocenters. The van der Waals surface area contributed by atoms with Crippen LogP contribution < -0.4 is 5.32 Å². The third-order valence-electron chi connectivity index (χ3n) is 5.17. The highest BCUT2D eigenvalue weighted by molar-refractivity contribution is 8.07. The molecular formula is C18H20N5O7PS. The van der Waals surface area contributed by atoms with E-state index >= 15 is 0 Å². The molecule has 14 heteroatoms. The molecule has 0 saturated carbocycles. The van der Waals surface area contributed by atoms with Crippen molar-refractivity contribution in [1.29, 1.82) is 0 Å². The molecule has 3 aromatic rings. The van der Waals surface area contributed by atoms with Crippen molar-refractivity contribution in [2.24, 2.45) is 0 Å². The van der Waals surface area contributed by atoms with Gasteiger partial charge in [0.15, 0.2) is 34.8 Å². The summed E-state index contributed by atoms with van der Waals surface area (Å²) in [5, 5.41) is 13.8. The SMILES string of the molecule is CCCC(=O)Nc1ncnc2c1nc(-c1ccco1)n2[C@@H]1O[C@@H]2COP(O)(=S)O[C@H]2[C@H]1O. The second-order valence-electron chi connectivity index (χ2n) is 7.37. The van der Waals surface area contributed by atoms with E-state index in [1.165, 1.54) is 12.6 Å². The van der Waals surface area contributed by atoms with Crippen molar-refractivity contribution >= 4 is 41.4 Å². The van der Waals surface area contributed by atoms with Gasteiger partial charge in [-0.15, -0.1) is 0 Å². The Morgan fingerprint density at radius 3 is 3.03 bits per heavy atom. The first-order chi connectivity index (χ1) is 15.4. The highest BCUT2D eigenvalue weighted by Gasteiger charge is 2.52. The van der Waals surface area contributed by atoms with Gasteiger partial charge in [0.05, 0.1) is 12.9 Å². The molecule has 2 saturated heterocycles. The molecule has 5 heterocycles. The number of amides is 1. The van der Waals surface area contributed by atoms with Gasteiger partial charge in [0.25, 0.3) is 0 Å². The number of carbonyl (C=O) groups is 1. The number of imidazole rings is 1. The fraction of sp³-hybridized carbons (Fsp3) is 0.444. The highest BCUT2D eigenvalue weighted by atomic mass is 32.5. The topological polar surface area (TPSA) is 154 Å². The van der Waals surface area contributed by atoms with Gasteiger partial charge >= 0.3 is 6.72 Å². The maximum absolute atomic E-state index is 12.2. The number of aliphatic hydroxyl groups is 1. The van der Waals surface area contributed by atoms with Crippen molar-refractivity contribution in [3.8, 4) is 11.6 Å². The predicted molar refractivity (Wildman–Crippen MR) is 114 cm³/mol. The maximum atomic E-state index is 12.2. The van der Waals surface area contributed by atoms with Gasteiger partial charge in [-0.25, -0.2) is 15.0 Å². The molecule has 5 rings (SSSR count). The van der Waals surface area contributed by atoms with Crippen molar-refractivity contribution in [1.82, 2.24) is 19.5 Å². The van der Waals surface area contributed by atoms with Crippen LogP contribution >= 0.6 is 6.72 Å². The lowest BCUT2D eigenvalue weighted by atomic mass is 10.1. The van der Waals surface area contributed by atoms with Crippen LogP contribution in [0, 0.1) is 0 Å². The number of hydrogen-bond acceptors (Lipinski definition) is 10. The number of aliphatic hydroxyl groups excluding tert-OH is 1. The van der Waals surface area contributed by atoms with Gasteiger partial charge in [-0.3, -0.25) is 13.9 Å². The number of nitrogens with one attached hydrogen (secondary N) is 1. The molecule has 0 spiro atoms. The Kier molecular flexibility index (Phi) is 5.58. The lowest BCUT2D eigenvalue weighted by Crippen LogP contribution is -2.39. The van der Waals surface area contributed by atoms with Crippen LogP contribution in [-0.4, -0.2) is 60.3 Å². The Hall–Kier alpha value is -2.25. The van der Waals surface area contributed by atoms with Crippen LogP contribution in [0.15, 0.2) is 29.1 Å². The van der Waals surface area contributed by atoms with Crippen LogP contribution in [0.2, 0.25) is 0 Å². The Bertz CT molecular complexity index is 1200. The van der Waals surface area contributed by atoms with Gasteiger partial charge in [-0.05, 0) is 30.4 Å². The second-order valence-corrected chi connectivity index (χ2v) is 10.2. The quantitative estimate of drug-likeness (QED) is 0.456. The zero-order valence-electron chi connectivity index (χ0n) is 16.8. The first-order valence-electron chi connectivity index (χ1n) is 9.94. The monoisotopic (exact) mass is 481 g/mol. The summed E-state index contributed by atoms with van der Waals surface area (Å²) < 4.78 is 23.7. The first-order valence-corrected chi connectivity index (χ1v) is 12.5. The molecule has 3 N–H and O–H groups in total. The fourth-order valence-corrected chi connectivity index (χ4v) is 5.24. The van der Waals surface area contributed by atoms with E-state index in [4.69, 9.17) is 30.0 Å². The van der Waals surface area contributed by atoms with Crippen molar-refractivity contribution in [2.75, 3.05) is 11.9 Å². The van der Waals surface area contributed by atoms with Crippen LogP contribution in [0.25, 0.3) is 22.7 Å². The van der Waals surface area contributed by atoms with Crippen LogP contribution in [0.1, 0.15) is 26.0 Å². The van der Waals surface area contributed by atoms with E-state index < -0.39 is 31.3 Å². The summed E-state index contributed by atoms with van der Waals surface area (Å²) in [7, 11) is 0. The van der Waals surface area contributed by atoms with E-state index in [0.29, 0.717) is 35.6 Å². The van der Waals surface area contributed by atoms with Gasteiger partial charge in [-0.2, -0.15) is 0 Å². The standard InChI is InChI=1S/C18H20N5O7PS/c1-2-4-11(24)21-15-12-17(20-8-19-15)23(16(22-12)9-5-3-6-27-9)18-13(25)14-10(29-18)7-28-31(26,32)30-14/h3,5-6,8,10,13-14,18,25H,2,4,7H2,1H3,(H,26,32)(H,19,20,21,24)/t10-,13-,14-,18-,31?/m1/s1. The van der Waals surface area contributed by atoms with Crippen molar-refractivity contribution < 1.29 is 33.0 Å². The number of fused-ring (bicyclic) bond motifs is 2. The average molecular weight is 481 g/mol. The van der Waals surface area contributed by atoms with Gasteiger partial charge < -0.3 is 29.0 Å². The Morgan fingerprint density at radius 1 is 1.44 bits per heavy atom. The third-order valence-corrected chi connectivity index (χ3v) is 6.73. The lowest BCUT2D eigenvalue weighted by Gasteiger charge is -2.30. The lowest BCUT2D eigenvalue weighted by molar-refractivity contribution is -0.116. The fourth-order valence-electron chi connectivity index (χ4n) is 3.79. The van der Waals surface area contributed by atoms with E-state index in [0.717, 1.165) is 0 Å². The molecule has 2 aliphatic rings. The Morgan fingerprint density at radius 2 is 2.28 bits per heavy atom. The molecule has 32 heavy (non-hydrogen) atoms. The van der Waals surface area contributed by atoms with Crippen LogP contribution in [0.5, 0.6) is 0 Å². The van der Waals surface area contributed by atoms with Crippen molar-refractivity contribution in [3.05, 3.63) is 24.7 Å². The second kappa shape index (κ2) is 8.27. The molecule has 3 aromatic heterocycles. The molecule has 2 aliphatic heterocycles. The van der Waals surface area contributed by atoms with Gasteiger partial charge in [-0.1, -0.05) is 6.92 Å². The van der Waals surface area contributed by atoms with Crippen LogP contribution in [-0.2, 0) is 30.4 Å². The predicted octanol–water partition coefficient (Wildman–Crippen LogP) is 1.72. The number of rotatable bonds is 5. The summed E-state index contributed by atoms with van der Waals surface area (Å²) in [6.07, 6.45) is 0.0160. The molecule has 0 bridgehead atoms. The van der Waals surface area contributed by atoms with Gasteiger partial charge in [0.1, 0.15) is 24.6 Å². The van der Waals surface area contributed by atoms with E-state index in [-0.39, 0.29) is 18.3 Å². The minimum atomic E-state index is -3.46. The molecular weight excluding hydrogens is 461 g/mol. The number of anilines is 1. The van der Waals surface area contributed by atoms with Crippen LogP contribution in [0.4, 0.5) is 5.82 Å². The maximum Gasteiger partial charge on any atom is 0.325 e. The van der Waals surface area contributed by atoms with E-state index in [1.807, 2.05) is 6.92 Å². The number of aromatic nitrogens is 4. The smallest absolute Gasteiger partial charge is 0.325 e. The molecule has 170 valence electrons. The number of carbonyl (C=O) groups excluding carboxylic acids is 1.